The van der Waals surface area contributed by atoms with Crippen LogP contribution in [0.4, 0.5) is 0 Å². The van der Waals surface area contributed by atoms with Crippen LogP contribution in [0.5, 0.6) is 11.5 Å². The summed E-state index contributed by atoms with van der Waals surface area (Å²) in [7, 11) is 1.64. The molecule has 3 aromatic carbocycles. The number of halogens is 1. The minimum absolute atomic E-state index is 0.0645. The molecule has 8 nitrogen and oxygen atoms in total. The molecule has 0 radical (unpaired) electrons. The molecule has 2 saturated heterocycles. The van der Waals surface area contributed by atoms with E-state index in [1.807, 2.05) is 73.7 Å². The van der Waals surface area contributed by atoms with E-state index in [1.165, 1.54) is 0 Å². The molecule has 2 aliphatic rings. The smallest absolute Gasteiger partial charge is 0.254 e. The molecule has 2 atom stereocenters. The summed E-state index contributed by atoms with van der Waals surface area (Å²) in [6.45, 7) is 2.03. The molecule has 1 amide bonds. The molecule has 2 bridgehead atoms. The molecule has 40 heavy (non-hydrogen) atoms. The molecule has 0 aliphatic carbocycles. The first-order valence-electron chi connectivity index (χ1n) is 13.4. The quantitative estimate of drug-likeness (QED) is 0.233. The molecule has 6 rings (SSSR count). The number of ether oxygens (including phenoxy) is 2. The highest BCUT2D eigenvalue weighted by Crippen LogP contribution is 2.39. The van der Waals surface area contributed by atoms with Crippen molar-refractivity contribution in [2.24, 2.45) is 0 Å². The fraction of sp³-hybridized carbons (Fsp3) is 0.333. The maximum absolute atomic E-state index is 13.5. The molecule has 4 aromatic rings. The fourth-order valence-corrected chi connectivity index (χ4v) is 6.64. The lowest BCUT2D eigenvalue weighted by molar-refractivity contribution is 0.0359. The highest BCUT2D eigenvalue weighted by atomic mass is 35.5. The maximum Gasteiger partial charge on any atom is 0.254 e. The number of carbonyl (C=O) groups excluding carboxylic acids is 1. The summed E-state index contributed by atoms with van der Waals surface area (Å²) < 4.78 is 13.2. The molecule has 0 unspecified atom stereocenters. The van der Waals surface area contributed by atoms with E-state index in [0.29, 0.717) is 15.9 Å². The number of piperidine rings is 1. The highest BCUT2D eigenvalue weighted by Gasteiger charge is 2.44. The number of carbonyl (C=O) groups is 1. The summed E-state index contributed by atoms with van der Waals surface area (Å²) in [5.74, 6) is 2.29. The molecule has 10 heteroatoms. The van der Waals surface area contributed by atoms with Gasteiger partial charge in [0, 0.05) is 36.2 Å². The molecular weight excluding hydrogens is 546 g/mol. The van der Waals surface area contributed by atoms with Gasteiger partial charge in [0.1, 0.15) is 17.6 Å². The Bertz CT molecular complexity index is 1480. The largest absolute Gasteiger partial charge is 0.497 e. The Hall–Kier alpha value is -3.56. The Balaban J connectivity index is 1.07. The number of thioether (sulfide) groups is 1. The van der Waals surface area contributed by atoms with Gasteiger partial charge in [0.15, 0.2) is 0 Å². The molecule has 2 aliphatic heterocycles. The number of hydrogen-bond acceptors (Lipinski definition) is 7. The van der Waals surface area contributed by atoms with Gasteiger partial charge in [-0.1, -0.05) is 41.6 Å². The number of amides is 1. The number of benzene rings is 3. The van der Waals surface area contributed by atoms with E-state index in [4.69, 9.17) is 21.1 Å². The van der Waals surface area contributed by atoms with E-state index in [2.05, 4.69) is 20.4 Å². The minimum atomic E-state index is 0.0645. The molecular formula is C30H30ClN5O3S. The van der Waals surface area contributed by atoms with Gasteiger partial charge in [-0.2, -0.15) is 4.68 Å². The summed E-state index contributed by atoms with van der Waals surface area (Å²) in [6, 6.07) is 21.7. The van der Waals surface area contributed by atoms with Crippen molar-refractivity contribution in [2.45, 2.75) is 61.7 Å². The zero-order chi connectivity index (χ0) is 27.6. The molecule has 1 aromatic heterocycles. The average Bonchev–Trinajstić information content (AvgIpc) is 3.55. The summed E-state index contributed by atoms with van der Waals surface area (Å²) in [4.78, 5) is 15.6. The molecule has 3 heterocycles. The fourth-order valence-electron chi connectivity index (χ4n) is 5.63. The third-order valence-electron chi connectivity index (χ3n) is 7.63. The average molecular weight is 576 g/mol. The monoisotopic (exact) mass is 575 g/mol. The number of aryl methyl sites for hydroxylation is 1. The van der Waals surface area contributed by atoms with Gasteiger partial charge in [0.2, 0.25) is 5.16 Å². The third kappa shape index (κ3) is 5.53. The number of aromatic nitrogens is 4. The van der Waals surface area contributed by atoms with E-state index in [9.17, 15) is 4.79 Å². The van der Waals surface area contributed by atoms with Crippen molar-refractivity contribution in [2.75, 3.05) is 7.11 Å². The standard InChI is InChI=1S/C30H30ClN5O3S/c1-19-3-14-27(31)28(15-19)39-26-16-23-8-9-24(17-26)35(23)29(37)21-6-4-20(5-7-21)18-40-30-32-33-34-36(30)22-10-12-25(38-2)13-11-22/h3-7,10-15,23-24,26H,8-9,16-18H2,1-2H3/t23-,24-/m0/s1. The van der Waals surface area contributed by atoms with Crippen molar-refractivity contribution in [1.29, 1.82) is 0 Å². The summed E-state index contributed by atoms with van der Waals surface area (Å²) in [5, 5.41) is 13.5. The number of rotatable bonds is 8. The van der Waals surface area contributed by atoms with Crippen LogP contribution in [0.2, 0.25) is 5.02 Å². The second-order valence-corrected chi connectivity index (χ2v) is 11.6. The number of nitrogens with zero attached hydrogens (tertiary/aromatic N) is 5. The van der Waals surface area contributed by atoms with E-state index in [0.717, 1.165) is 59.6 Å². The molecule has 0 spiro atoms. The van der Waals surface area contributed by atoms with Crippen LogP contribution in [-0.2, 0) is 5.75 Å². The van der Waals surface area contributed by atoms with Gasteiger partial charge < -0.3 is 14.4 Å². The van der Waals surface area contributed by atoms with Gasteiger partial charge in [-0.15, -0.1) is 5.10 Å². The molecule has 0 saturated carbocycles. The zero-order valence-corrected chi connectivity index (χ0v) is 23.9. The second kappa shape index (κ2) is 11.5. The predicted octanol–water partition coefficient (Wildman–Crippen LogP) is 6.14. The highest BCUT2D eigenvalue weighted by molar-refractivity contribution is 7.98. The van der Waals surface area contributed by atoms with Crippen molar-refractivity contribution in [3.63, 3.8) is 0 Å². The topological polar surface area (TPSA) is 82.4 Å². The summed E-state index contributed by atoms with van der Waals surface area (Å²) in [5.41, 5.74) is 3.79. The van der Waals surface area contributed by atoms with Crippen molar-refractivity contribution in [3.8, 4) is 17.2 Å². The van der Waals surface area contributed by atoms with Crippen molar-refractivity contribution >= 4 is 29.3 Å². The Morgan fingerprint density at radius 3 is 2.45 bits per heavy atom. The number of fused-ring (bicyclic) bond motifs is 2. The number of methoxy groups -OCH3 is 1. The normalized spacial score (nSPS) is 20.0. The van der Waals surface area contributed by atoms with E-state index >= 15 is 0 Å². The van der Waals surface area contributed by atoms with Gasteiger partial charge in [-0.3, -0.25) is 4.79 Å². The van der Waals surface area contributed by atoms with E-state index < -0.39 is 0 Å². The molecule has 206 valence electrons. The van der Waals surface area contributed by atoms with Crippen LogP contribution in [0.15, 0.2) is 71.9 Å². The van der Waals surface area contributed by atoms with Crippen LogP contribution in [0.25, 0.3) is 5.69 Å². The summed E-state index contributed by atoms with van der Waals surface area (Å²) >= 11 is 7.91. The van der Waals surface area contributed by atoms with E-state index in [-0.39, 0.29) is 24.1 Å². The van der Waals surface area contributed by atoms with Crippen molar-refractivity contribution in [1.82, 2.24) is 25.1 Å². The van der Waals surface area contributed by atoms with Gasteiger partial charge in [0.25, 0.3) is 5.91 Å². The van der Waals surface area contributed by atoms with Gasteiger partial charge >= 0.3 is 0 Å². The minimum Gasteiger partial charge on any atom is -0.497 e. The first-order chi connectivity index (χ1) is 19.5. The second-order valence-electron chi connectivity index (χ2n) is 10.3. The van der Waals surface area contributed by atoms with Crippen molar-refractivity contribution < 1.29 is 14.3 Å². The Morgan fingerprint density at radius 2 is 1.75 bits per heavy atom. The number of hydrogen-bond donors (Lipinski definition) is 0. The van der Waals surface area contributed by atoms with Gasteiger partial charge in [-0.05, 0) is 89.8 Å². The maximum atomic E-state index is 13.5. The lowest BCUT2D eigenvalue weighted by Gasteiger charge is -2.39. The lowest BCUT2D eigenvalue weighted by Crippen LogP contribution is -2.49. The van der Waals surface area contributed by atoms with Crippen LogP contribution in [-0.4, -0.2) is 56.3 Å². The first kappa shape index (κ1) is 26.7. The van der Waals surface area contributed by atoms with Crippen LogP contribution in [0.3, 0.4) is 0 Å². The zero-order valence-electron chi connectivity index (χ0n) is 22.4. The van der Waals surface area contributed by atoms with Gasteiger partial charge in [-0.25, -0.2) is 0 Å². The van der Waals surface area contributed by atoms with Crippen LogP contribution in [0, 0.1) is 6.92 Å². The Labute approximate surface area is 242 Å². The van der Waals surface area contributed by atoms with Crippen LogP contribution < -0.4 is 9.47 Å². The lowest BCUT2D eigenvalue weighted by atomic mass is 9.98. The molecule has 2 fully saturated rings. The third-order valence-corrected chi connectivity index (χ3v) is 8.93. The SMILES string of the molecule is COc1ccc(-n2nnnc2SCc2ccc(C(=O)N3[C@H]4CC[C@H]3CC(Oc3cc(C)ccc3Cl)C4)cc2)cc1. The van der Waals surface area contributed by atoms with Crippen molar-refractivity contribution in [3.05, 3.63) is 88.4 Å². The summed E-state index contributed by atoms with van der Waals surface area (Å²) in [6.07, 6.45) is 3.73. The van der Waals surface area contributed by atoms with Crippen LogP contribution in [0.1, 0.15) is 47.2 Å². The Kier molecular flexibility index (Phi) is 7.67. The predicted molar refractivity (Wildman–Crippen MR) is 155 cm³/mol. The molecule has 0 N–H and O–H groups in total. The Morgan fingerprint density at radius 1 is 1.02 bits per heavy atom. The first-order valence-corrected chi connectivity index (χ1v) is 14.7. The number of tetrazole rings is 1. The van der Waals surface area contributed by atoms with Crippen LogP contribution >= 0.6 is 23.4 Å². The van der Waals surface area contributed by atoms with Gasteiger partial charge in [0.05, 0.1) is 17.8 Å². The van der Waals surface area contributed by atoms with E-state index in [1.54, 1.807) is 23.6 Å².